The number of para-hydroxylation sites is 2. The second-order valence-corrected chi connectivity index (χ2v) is 7.90. The zero-order chi connectivity index (χ0) is 27.4. The van der Waals surface area contributed by atoms with Crippen molar-refractivity contribution in [3.05, 3.63) is 76.6 Å². The van der Waals surface area contributed by atoms with Crippen LogP contribution < -0.4 is 29.7 Å². The molecular formula is C27H22F3NO7. The van der Waals surface area contributed by atoms with Crippen LogP contribution in [0, 0.1) is 0 Å². The van der Waals surface area contributed by atoms with Crippen molar-refractivity contribution in [3.63, 3.8) is 0 Å². The maximum absolute atomic E-state index is 14.0. The van der Waals surface area contributed by atoms with E-state index in [1.807, 2.05) is 0 Å². The first-order valence-corrected chi connectivity index (χ1v) is 11.1. The van der Waals surface area contributed by atoms with E-state index in [4.69, 9.17) is 23.4 Å². The van der Waals surface area contributed by atoms with Gasteiger partial charge in [-0.05, 0) is 42.0 Å². The molecule has 0 aliphatic heterocycles. The minimum absolute atomic E-state index is 0.0304. The number of alkyl halides is 3. The smallest absolute Gasteiger partial charge is 0.450 e. The molecule has 0 bridgehead atoms. The maximum Gasteiger partial charge on any atom is 0.450 e. The maximum atomic E-state index is 14.0. The fourth-order valence-electron chi connectivity index (χ4n) is 3.80. The fourth-order valence-corrected chi connectivity index (χ4v) is 3.80. The number of methoxy groups -OCH3 is 3. The highest BCUT2D eigenvalue weighted by molar-refractivity contribution is 5.93. The lowest BCUT2D eigenvalue weighted by Crippen LogP contribution is -2.20. The third-order valence-corrected chi connectivity index (χ3v) is 5.54. The Labute approximate surface area is 214 Å². The van der Waals surface area contributed by atoms with Crippen molar-refractivity contribution in [1.29, 1.82) is 0 Å². The highest BCUT2D eigenvalue weighted by Crippen LogP contribution is 2.40. The number of rotatable bonds is 8. The number of nitrogens with one attached hydrogen (secondary N) is 1. The third kappa shape index (κ3) is 5.36. The lowest BCUT2D eigenvalue weighted by Gasteiger charge is -2.15. The van der Waals surface area contributed by atoms with Crippen molar-refractivity contribution >= 4 is 22.6 Å². The Kier molecular flexibility index (Phi) is 7.47. The highest BCUT2D eigenvalue weighted by Gasteiger charge is 2.39. The molecule has 0 atom stereocenters. The minimum atomic E-state index is -4.98. The second kappa shape index (κ2) is 10.8. The molecule has 1 aromatic heterocycles. The molecule has 0 aliphatic carbocycles. The Hall–Kier alpha value is -4.67. The minimum Gasteiger partial charge on any atom is -0.495 e. The Morgan fingerprint density at radius 1 is 0.895 bits per heavy atom. The normalized spacial score (nSPS) is 11.2. The molecule has 0 aliphatic rings. The van der Waals surface area contributed by atoms with Gasteiger partial charge in [0.1, 0.15) is 17.1 Å². The predicted molar refractivity (Wildman–Crippen MR) is 133 cm³/mol. The van der Waals surface area contributed by atoms with Crippen LogP contribution in [0.3, 0.4) is 0 Å². The van der Waals surface area contributed by atoms with Gasteiger partial charge in [-0.25, -0.2) is 0 Å². The van der Waals surface area contributed by atoms with Gasteiger partial charge >= 0.3 is 6.18 Å². The van der Waals surface area contributed by atoms with Crippen LogP contribution in [0.25, 0.3) is 22.1 Å². The summed E-state index contributed by atoms with van der Waals surface area (Å²) in [6.07, 6.45) is -4.98. The van der Waals surface area contributed by atoms with Crippen LogP contribution in [-0.2, 0) is 11.0 Å². The van der Waals surface area contributed by atoms with Crippen LogP contribution in [0.1, 0.15) is 5.76 Å². The van der Waals surface area contributed by atoms with E-state index in [9.17, 15) is 22.8 Å². The van der Waals surface area contributed by atoms with Crippen LogP contribution in [0.4, 0.5) is 18.9 Å². The molecule has 1 N–H and O–H groups in total. The molecule has 4 rings (SSSR count). The molecule has 0 unspecified atom stereocenters. The summed E-state index contributed by atoms with van der Waals surface area (Å²) in [5.41, 5.74) is -1.55. The highest BCUT2D eigenvalue weighted by atomic mass is 19.4. The van der Waals surface area contributed by atoms with Crippen molar-refractivity contribution in [2.24, 2.45) is 0 Å². The molecule has 8 nitrogen and oxygen atoms in total. The van der Waals surface area contributed by atoms with E-state index in [2.05, 4.69) is 5.32 Å². The van der Waals surface area contributed by atoms with E-state index >= 15 is 0 Å². The number of amides is 1. The van der Waals surface area contributed by atoms with Gasteiger partial charge in [0.05, 0.1) is 38.0 Å². The van der Waals surface area contributed by atoms with Crippen LogP contribution >= 0.6 is 0 Å². The standard InChI is InChI=1S/C27H22F3NO7/c1-34-19-7-5-4-6-18(19)31-23(32)14-37-16-9-10-17-21(13-16)38-26(27(28,29)30)24(25(17)33)15-8-11-20(35-2)22(12-15)36-3/h4-13H,14H2,1-3H3,(H,31,32). The molecule has 1 heterocycles. The van der Waals surface area contributed by atoms with Crippen LogP contribution in [0.5, 0.6) is 23.0 Å². The Bertz CT molecular complexity index is 1550. The molecule has 0 radical (unpaired) electrons. The van der Waals surface area contributed by atoms with E-state index in [1.54, 1.807) is 24.3 Å². The molecule has 1 amide bonds. The zero-order valence-electron chi connectivity index (χ0n) is 20.5. The quantitative estimate of drug-likeness (QED) is 0.321. The van der Waals surface area contributed by atoms with Crippen molar-refractivity contribution in [2.75, 3.05) is 33.3 Å². The molecule has 0 saturated carbocycles. The van der Waals surface area contributed by atoms with Gasteiger partial charge in [0.2, 0.25) is 11.2 Å². The Morgan fingerprint density at radius 3 is 2.29 bits per heavy atom. The summed E-state index contributed by atoms with van der Waals surface area (Å²) in [5, 5.41) is 2.52. The summed E-state index contributed by atoms with van der Waals surface area (Å²) in [6, 6.07) is 14.5. The Morgan fingerprint density at radius 2 is 1.61 bits per heavy atom. The SMILES string of the molecule is COc1ccccc1NC(=O)COc1ccc2c(=O)c(-c3ccc(OC)c(OC)c3)c(C(F)(F)F)oc2c1. The first-order chi connectivity index (χ1) is 18.2. The van der Waals surface area contributed by atoms with Crippen LogP contribution in [0.15, 0.2) is 69.9 Å². The van der Waals surface area contributed by atoms with Crippen molar-refractivity contribution in [1.82, 2.24) is 0 Å². The van der Waals surface area contributed by atoms with E-state index in [0.717, 1.165) is 6.07 Å². The number of ether oxygens (including phenoxy) is 4. The average Bonchev–Trinajstić information content (AvgIpc) is 2.91. The molecule has 38 heavy (non-hydrogen) atoms. The number of hydrogen-bond donors (Lipinski definition) is 1. The molecule has 4 aromatic rings. The second-order valence-electron chi connectivity index (χ2n) is 7.90. The number of anilines is 1. The first kappa shape index (κ1) is 26.4. The summed E-state index contributed by atoms with van der Waals surface area (Å²) in [6.45, 7) is -0.455. The van der Waals surface area contributed by atoms with Gasteiger partial charge in [-0.1, -0.05) is 18.2 Å². The molecule has 0 saturated heterocycles. The van der Waals surface area contributed by atoms with E-state index in [1.165, 1.54) is 51.7 Å². The zero-order valence-corrected chi connectivity index (χ0v) is 20.5. The molecular weight excluding hydrogens is 507 g/mol. The predicted octanol–water partition coefficient (Wildman–Crippen LogP) is 5.52. The van der Waals surface area contributed by atoms with Crippen molar-refractivity contribution in [3.8, 4) is 34.1 Å². The number of halogens is 3. The molecule has 11 heteroatoms. The van der Waals surface area contributed by atoms with Crippen LogP contribution in [-0.4, -0.2) is 33.8 Å². The molecule has 3 aromatic carbocycles. The lowest BCUT2D eigenvalue weighted by atomic mass is 10.0. The summed E-state index contributed by atoms with van der Waals surface area (Å²) in [7, 11) is 4.16. The Balaban J connectivity index is 1.67. The van der Waals surface area contributed by atoms with E-state index in [-0.39, 0.29) is 33.8 Å². The van der Waals surface area contributed by atoms with Gasteiger partial charge in [0.15, 0.2) is 18.1 Å². The van der Waals surface area contributed by atoms with Crippen LogP contribution in [0.2, 0.25) is 0 Å². The number of hydrogen-bond acceptors (Lipinski definition) is 7. The van der Waals surface area contributed by atoms with Gasteiger partial charge in [-0.2, -0.15) is 13.2 Å². The lowest BCUT2D eigenvalue weighted by molar-refractivity contribution is -0.152. The number of carbonyl (C=O) groups is 1. The molecule has 0 spiro atoms. The van der Waals surface area contributed by atoms with Crippen molar-refractivity contribution < 1.29 is 41.3 Å². The largest absolute Gasteiger partial charge is 0.495 e. The summed E-state index contributed by atoms with van der Waals surface area (Å²) in [4.78, 5) is 25.6. The van der Waals surface area contributed by atoms with Gasteiger partial charge in [0, 0.05) is 6.07 Å². The topological polar surface area (TPSA) is 96.2 Å². The average molecular weight is 529 g/mol. The van der Waals surface area contributed by atoms with Gasteiger partial charge < -0.3 is 28.7 Å². The number of fused-ring (bicyclic) bond motifs is 1. The van der Waals surface area contributed by atoms with Crippen molar-refractivity contribution in [2.45, 2.75) is 6.18 Å². The van der Waals surface area contributed by atoms with Gasteiger partial charge in [-0.15, -0.1) is 0 Å². The first-order valence-electron chi connectivity index (χ1n) is 11.1. The van der Waals surface area contributed by atoms with Gasteiger partial charge in [-0.3, -0.25) is 9.59 Å². The summed E-state index contributed by atoms with van der Waals surface area (Å²) >= 11 is 0. The van der Waals surface area contributed by atoms with Gasteiger partial charge in [0.25, 0.3) is 5.91 Å². The molecule has 198 valence electrons. The summed E-state index contributed by atoms with van der Waals surface area (Å²) in [5.74, 6) is -1.11. The monoisotopic (exact) mass is 529 g/mol. The molecule has 0 fully saturated rings. The number of carbonyl (C=O) groups excluding carboxylic acids is 1. The van der Waals surface area contributed by atoms with E-state index in [0.29, 0.717) is 11.4 Å². The number of benzene rings is 3. The fraction of sp³-hybridized carbons (Fsp3) is 0.185. The van der Waals surface area contributed by atoms with E-state index < -0.39 is 35.4 Å². The third-order valence-electron chi connectivity index (χ3n) is 5.54. The summed E-state index contributed by atoms with van der Waals surface area (Å²) < 4.78 is 68.1.